The van der Waals surface area contributed by atoms with Crippen molar-refractivity contribution >= 4 is 0 Å². The van der Waals surface area contributed by atoms with Crippen LogP contribution in [0.15, 0.2) is 0 Å². The van der Waals surface area contributed by atoms with Crippen molar-refractivity contribution in [3.63, 3.8) is 0 Å². The molecule has 0 amide bonds. The van der Waals surface area contributed by atoms with E-state index in [1.165, 1.54) is 6.92 Å². The van der Waals surface area contributed by atoms with E-state index < -0.39 is 17.1 Å². The SMILES string of the molecule is CC(C)(CO)C(C)(O)C(O)CCCCO. The molecular weight excluding hydrogens is 196 g/mol. The Morgan fingerprint density at radius 3 is 2.00 bits per heavy atom. The number of aliphatic hydroxyl groups is 4. The monoisotopic (exact) mass is 220 g/mol. The summed E-state index contributed by atoms with van der Waals surface area (Å²) in [4.78, 5) is 0. The third kappa shape index (κ3) is 3.72. The fourth-order valence-electron chi connectivity index (χ4n) is 1.34. The summed E-state index contributed by atoms with van der Waals surface area (Å²) in [6, 6.07) is 0. The Balaban J connectivity index is 4.31. The number of aliphatic hydroxyl groups excluding tert-OH is 3. The van der Waals surface area contributed by atoms with Crippen LogP contribution in [0.4, 0.5) is 0 Å². The molecule has 0 aliphatic rings. The van der Waals surface area contributed by atoms with E-state index in [9.17, 15) is 10.2 Å². The van der Waals surface area contributed by atoms with Gasteiger partial charge in [0, 0.05) is 12.0 Å². The molecule has 0 heterocycles. The Bertz CT molecular complexity index is 177. The maximum Gasteiger partial charge on any atom is 0.0949 e. The highest BCUT2D eigenvalue weighted by Crippen LogP contribution is 2.34. The van der Waals surface area contributed by atoms with Crippen LogP contribution < -0.4 is 0 Å². The minimum absolute atomic E-state index is 0.0955. The van der Waals surface area contributed by atoms with Gasteiger partial charge in [0.05, 0.1) is 18.3 Å². The van der Waals surface area contributed by atoms with Gasteiger partial charge in [0.15, 0.2) is 0 Å². The van der Waals surface area contributed by atoms with Crippen LogP contribution in [0.2, 0.25) is 0 Å². The molecule has 0 aliphatic heterocycles. The van der Waals surface area contributed by atoms with Crippen molar-refractivity contribution in [1.82, 2.24) is 0 Å². The van der Waals surface area contributed by atoms with Gasteiger partial charge < -0.3 is 20.4 Å². The Morgan fingerprint density at radius 2 is 1.60 bits per heavy atom. The minimum atomic E-state index is -1.32. The number of hydrogen-bond acceptors (Lipinski definition) is 4. The zero-order valence-corrected chi connectivity index (χ0v) is 9.90. The number of hydrogen-bond donors (Lipinski definition) is 4. The van der Waals surface area contributed by atoms with E-state index in [1.54, 1.807) is 13.8 Å². The van der Waals surface area contributed by atoms with Crippen LogP contribution in [0.5, 0.6) is 0 Å². The van der Waals surface area contributed by atoms with Crippen molar-refractivity contribution in [2.24, 2.45) is 5.41 Å². The van der Waals surface area contributed by atoms with E-state index in [2.05, 4.69) is 0 Å². The Labute approximate surface area is 91.6 Å². The van der Waals surface area contributed by atoms with Gasteiger partial charge >= 0.3 is 0 Å². The molecule has 0 saturated heterocycles. The molecule has 0 radical (unpaired) electrons. The number of rotatable bonds is 7. The molecule has 2 atom stereocenters. The van der Waals surface area contributed by atoms with Crippen LogP contribution in [-0.4, -0.2) is 45.3 Å². The predicted octanol–water partition coefficient (Wildman–Crippen LogP) is 0.279. The van der Waals surface area contributed by atoms with Crippen LogP contribution in [0, 0.1) is 5.41 Å². The topological polar surface area (TPSA) is 80.9 Å². The van der Waals surface area contributed by atoms with Gasteiger partial charge in [0.25, 0.3) is 0 Å². The van der Waals surface area contributed by atoms with Crippen molar-refractivity contribution in [3.8, 4) is 0 Å². The molecule has 0 aliphatic carbocycles. The second-order valence-electron chi connectivity index (χ2n) is 4.92. The molecule has 4 nitrogen and oxygen atoms in total. The summed E-state index contributed by atoms with van der Waals surface area (Å²) < 4.78 is 0. The first kappa shape index (κ1) is 14.8. The summed E-state index contributed by atoms with van der Waals surface area (Å²) in [7, 11) is 0. The van der Waals surface area contributed by atoms with Gasteiger partial charge in [0.2, 0.25) is 0 Å². The molecular formula is C11H24O4. The average molecular weight is 220 g/mol. The summed E-state index contributed by atoms with van der Waals surface area (Å²) in [5, 5.41) is 37.7. The maximum atomic E-state index is 10.1. The van der Waals surface area contributed by atoms with E-state index in [-0.39, 0.29) is 13.2 Å². The second-order valence-corrected chi connectivity index (χ2v) is 4.92. The van der Waals surface area contributed by atoms with Crippen LogP contribution >= 0.6 is 0 Å². The molecule has 0 spiro atoms. The molecule has 0 fully saturated rings. The predicted molar refractivity (Wildman–Crippen MR) is 58.4 cm³/mol. The molecule has 92 valence electrons. The molecule has 0 bridgehead atoms. The molecule has 0 saturated carbocycles. The first-order valence-electron chi connectivity index (χ1n) is 5.41. The third-order valence-electron chi connectivity index (χ3n) is 3.30. The van der Waals surface area contributed by atoms with E-state index in [0.717, 1.165) is 0 Å². The molecule has 4 N–H and O–H groups in total. The first-order chi connectivity index (χ1) is 6.79. The van der Waals surface area contributed by atoms with E-state index in [0.29, 0.717) is 19.3 Å². The standard InChI is InChI=1S/C11H24O4/c1-10(2,8-13)11(3,15)9(14)6-4-5-7-12/h9,12-15H,4-8H2,1-3H3. The summed E-state index contributed by atoms with van der Waals surface area (Å²) >= 11 is 0. The quantitative estimate of drug-likeness (QED) is 0.465. The van der Waals surface area contributed by atoms with Crippen molar-refractivity contribution in [1.29, 1.82) is 0 Å². The minimum Gasteiger partial charge on any atom is -0.396 e. The summed E-state index contributed by atoms with van der Waals surface area (Å²) in [6.45, 7) is 4.87. The van der Waals surface area contributed by atoms with Gasteiger partial charge in [0.1, 0.15) is 0 Å². The highest BCUT2D eigenvalue weighted by Gasteiger charge is 2.44. The lowest BCUT2D eigenvalue weighted by atomic mass is 9.72. The zero-order valence-electron chi connectivity index (χ0n) is 9.90. The van der Waals surface area contributed by atoms with Gasteiger partial charge in [-0.1, -0.05) is 13.8 Å². The van der Waals surface area contributed by atoms with E-state index in [1.807, 2.05) is 0 Å². The lowest BCUT2D eigenvalue weighted by Gasteiger charge is -2.42. The number of unbranched alkanes of at least 4 members (excludes halogenated alkanes) is 1. The van der Waals surface area contributed by atoms with Crippen LogP contribution in [0.25, 0.3) is 0 Å². The van der Waals surface area contributed by atoms with Crippen LogP contribution in [-0.2, 0) is 0 Å². The average Bonchev–Trinajstić information content (AvgIpc) is 2.17. The van der Waals surface area contributed by atoms with Crippen LogP contribution in [0.1, 0.15) is 40.0 Å². The van der Waals surface area contributed by atoms with Gasteiger partial charge in [-0.25, -0.2) is 0 Å². The third-order valence-corrected chi connectivity index (χ3v) is 3.30. The Kier molecular flexibility index (Phi) is 5.73. The zero-order chi connectivity index (χ0) is 12.1. The Hall–Kier alpha value is -0.160. The van der Waals surface area contributed by atoms with Gasteiger partial charge in [-0.3, -0.25) is 0 Å². The van der Waals surface area contributed by atoms with Gasteiger partial charge in [-0.05, 0) is 26.2 Å². The van der Waals surface area contributed by atoms with Gasteiger partial charge in [-0.2, -0.15) is 0 Å². The van der Waals surface area contributed by atoms with Crippen LogP contribution in [0.3, 0.4) is 0 Å². The molecule has 0 aromatic carbocycles. The summed E-state index contributed by atoms with van der Waals surface area (Å²) in [5.74, 6) is 0. The van der Waals surface area contributed by atoms with Crippen molar-refractivity contribution < 1.29 is 20.4 Å². The molecule has 0 aromatic heterocycles. The summed E-state index contributed by atoms with van der Waals surface area (Å²) in [6.07, 6.45) is 0.824. The molecule has 15 heavy (non-hydrogen) atoms. The lowest BCUT2D eigenvalue weighted by molar-refractivity contribution is -0.151. The summed E-state index contributed by atoms with van der Waals surface area (Å²) in [5.41, 5.74) is -2.07. The molecule has 0 aromatic rings. The van der Waals surface area contributed by atoms with Crippen molar-refractivity contribution in [3.05, 3.63) is 0 Å². The smallest absolute Gasteiger partial charge is 0.0949 e. The largest absolute Gasteiger partial charge is 0.396 e. The highest BCUT2D eigenvalue weighted by atomic mass is 16.3. The molecule has 4 heteroatoms. The highest BCUT2D eigenvalue weighted by molar-refractivity contribution is 4.94. The second kappa shape index (κ2) is 5.80. The van der Waals surface area contributed by atoms with Crippen molar-refractivity contribution in [2.75, 3.05) is 13.2 Å². The van der Waals surface area contributed by atoms with E-state index >= 15 is 0 Å². The normalized spacial score (nSPS) is 18.6. The lowest BCUT2D eigenvalue weighted by Crippen LogP contribution is -2.53. The molecule has 0 rings (SSSR count). The Morgan fingerprint density at radius 1 is 1.07 bits per heavy atom. The fourth-order valence-corrected chi connectivity index (χ4v) is 1.34. The fraction of sp³-hybridized carbons (Fsp3) is 1.00. The maximum absolute atomic E-state index is 10.1. The van der Waals surface area contributed by atoms with Gasteiger partial charge in [-0.15, -0.1) is 0 Å². The molecule has 2 unspecified atom stereocenters. The van der Waals surface area contributed by atoms with Crippen molar-refractivity contribution in [2.45, 2.75) is 51.7 Å². The van der Waals surface area contributed by atoms with E-state index in [4.69, 9.17) is 10.2 Å². The first-order valence-corrected chi connectivity index (χ1v) is 5.41.